The van der Waals surface area contributed by atoms with Gasteiger partial charge in [0.2, 0.25) is 5.95 Å². The predicted octanol–water partition coefficient (Wildman–Crippen LogP) is 3.11. The van der Waals surface area contributed by atoms with Crippen LogP contribution in [0.25, 0.3) is 5.69 Å². The van der Waals surface area contributed by atoms with Crippen LogP contribution in [-0.2, 0) is 4.74 Å². The molecule has 2 rings (SSSR count). The van der Waals surface area contributed by atoms with Gasteiger partial charge in [0, 0.05) is 25.5 Å². The number of imidazole rings is 1. The molecule has 102 valence electrons. The van der Waals surface area contributed by atoms with Crippen molar-refractivity contribution in [2.45, 2.75) is 13.0 Å². The van der Waals surface area contributed by atoms with E-state index in [4.69, 9.17) is 16.3 Å². The molecule has 1 N–H and O–H groups in total. The van der Waals surface area contributed by atoms with E-state index in [0.29, 0.717) is 23.3 Å². The zero-order valence-electron chi connectivity index (χ0n) is 10.7. The van der Waals surface area contributed by atoms with Crippen LogP contribution in [0.2, 0.25) is 5.02 Å². The van der Waals surface area contributed by atoms with Crippen LogP contribution in [0, 0.1) is 5.82 Å². The SMILES string of the molecule is COCC(C)Nc1nccn1-c1cc(F)ccc1Cl. The lowest BCUT2D eigenvalue weighted by Gasteiger charge is -2.15. The molecule has 1 heterocycles. The molecule has 0 fully saturated rings. The van der Waals surface area contributed by atoms with Crippen LogP contribution in [0.4, 0.5) is 10.3 Å². The molecule has 0 radical (unpaired) electrons. The fourth-order valence-corrected chi connectivity index (χ4v) is 2.00. The molecule has 6 heteroatoms. The topological polar surface area (TPSA) is 39.1 Å². The lowest BCUT2D eigenvalue weighted by molar-refractivity contribution is 0.190. The Morgan fingerprint density at radius 3 is 3.05 bits per heavy atom. The molecule has 0 aliphatic rings. The Morgan fingerprint density at radius 1 is 1.53 bits per heavy atom. The minimum atomic E-state index is -0.344. The summed E-state index contributed by atoms with van der Waals surface area (Å²) in [7, 11) is 1.63. The van der Waals surface area contributed by atoms with Crippen molar-refractivity contribution in [3.05, 3.63) is 41.4 Å². The number of ether oxygens (including phenoxy) is 1. The van der Waals surface area contributed by atoms with E-state index in [0.717, 1.165) is 0 Å². The Hall–Kier alpha value is -1.59. The maximum absolute atomic E-state index is 13.3. The molecule has 19 heavy (non-hydrogen) atoms. The van der Waals surface area contributed by atoms with Crippen LogP contribution in [0.5, 0.6) is 0 Å². The fraction of sp³-hybridized carbons (Fsp3) is 0.308. The highest BCUT2D eigenvalue weighted by atomic mass is 35.5. The van der Waals surface area contributed by atoms with Gasteiger partial charge in [0.15, 0.2) is 0 Å². The third-order valence-corrected chi connectivity index (χ3v) is 2.92. The summed E-state index contributed by atoms with van der Waals surface area (Å²) in [5.74, 6) is 0.251. The van der Waals surface area contributed by atoms with Gasteiger partial charge in [-0.25, -0.2) is 9.37 Å². The lowest BCUT2D eigenvalue weighted by Crippen LogP contribution is -2.22. The molecule has 0 amide bonds. The standard InChI is InChI=1S/C13H15ClFN3O/c1-9(8-19-2)17-13-16-5-6-18(13)12-7-10(15)3-4-11(12)14/h3-7,9H,8H2,1-2H3,(H,16,17). The number of methoxy groups -OCH3 is 1. The number of anilines is 1. The van der Waals surface area contributed by atoms with Crippen LogP contribution >= 0.6 is 11.6 Å². The first-order valence-electron chi connectivity index (χ1n) is 5.86. The first-order chi connectivity index (χ1) is 9.11. The highest BCUT2D eigenvalue weighted by Gasteiger charge is 2.11. The molecule has 0 aliphatic heterocycles. The van der Waals surface area contributed by atoms with E-state index in [1.165, 1.54) is 18.2 Å². The summed E-state index contributed by atoms with van der Waals surface area (Å²) in [6.07, 6.45) is 3.35. The average molecular weight is 284 g/mol. The van der Waals surface area contributed by atoms with Gasteiger partial charge >= 0.3 is 0 Å². The summed E-state index contributed by atoms with van der Waals surface area (Å²) >= 11 is 6.09. The van der Waals surface area contributed by atoms with Crippen molar-refractivity contribution >= 4 is 17.5 Å². The molecule has 4 nitrogen and oxygen atoms in total. The van der Waals surface area contributed by atoms with E-state index < -0.39 is 0 Å². The molecule has 1 aromatic heterocycles. The van der Waals surface area contributed by atoms with Crippen molar-refractivity contribution in [1.29, 1.82) is 0 Å². The molecule has 0 spiro atoms. The summed E-state index contributed by atoms with van der Waals surface area (Å²) in [4.78, 5) is 4.20. The van der Waals surface area contributed by atoms with E-state index in [1.807, 2.05) is 6.92 Å². The van der Waals surface area contributed by atoms with E-state index >= 15 is 0 Å². The first-order valence-corrected chi connectivity index (χ1v) is 6.24. The summed E-state index contributed by atoms with van der Waals surface area (Å²) in [6.45, 7) is 2.51. The number of aromatic nitrogens is 2. The lowest BCUT2D eigenvalue weighted by atomic mass is 10.3. The van der Waals surface area contributed by atoms with Gasteiger partial charge in [0.25, 0.3) is 0 Å². The van der Waals surface area contributed by atoms with Crippen LogP contribution in [0.1, 0.15) is 6.92 Å². The molecule has 0 aliphatic carbocycles. The average Bonchev–Trinajstić information content (AvgIpc) is 2.80. The predicted molar refractivity (Wildman–Crippen MR) is 73.5 cm³/mol. The zero-order valence-corrected chi connectivity index (χ0v) is 11.5. The first kappa shape index (κ1) is 13.8. The normalized spacial score (nSPS) is 12.4. The maximum Gasteiger partial charge on any atom is 0.207 e. The van der Waals surface area contributed by atoms with E-state index in [9.17, 15) is 4.39 Å². The molecule has 0 bridgehead atoms. The largest absolute Gasteiger partial charge is 0.383 e. The number of hydrogen-bond donors (Lipinski definition) is 1. The second kappa shape index (κ2) is 6.04. The minimum Gasteiger partial charge on any atom is -0.383 e. The van der Waals surface area contributed by atoms with Crippen molar-refractivity contribution in [2.24, 2.45) is 0 Å². The third-order valence-electron chi connectivity index (χ3n) is 2.60. The molecule has 0 saturated carbocycles. The van der Waals surface area contributed by atoms with E-state index in [1.54, 1.807) is 24.1 Å². The van der Waals surface area contributed by atoms with Gasteiger partial charge in [-0.15, -0.1) is 0 Å². The highest BCUT2D eigenvalue weighted by Crippen LogP contribution is 2.24. The quantitative estimate of drug-likeness (QED) is 0.916. The fourth-order valence-electron chi connectivity index (χ4n) is 1.79. The summed E-state index contributed by atoms with van der Waals surface area (Å²) in [5, 5.41) is 3.64. The molecule has 2 aromatic rings. The van der Waals surface area contributed by atoms with Gasteiger partial charge in [-0.2, -0.15) is 0 Å². The second-order valence-electron chi connectivity index (χ2n) is 4.22. The summed E-state index contributed by atoms with van der Waals surface area (Å²) in [6, 6.07) is 4.30. The molecule has 0 saturated heterocycles. The van der Waals surface area contributed by atoms with Crippen molar-refractivity contribution in [2.75, 3.05) is 19.0 Å². The van der Waals surface area contributed by atoms with Crippen LogP contribution in [0.3, 0.4) is 0 Å². The Morgan fingerprint density at radius 2 is 2.32 bits per heavy atom. The Bertz CT molecular complexity index is 559. The summed E-state index contributed by atoms with van der Waals surface area (Å²) in [5.41, 5.74) is 0.547. The molecular formula is C13H15ClFN3O. The van der Waals surface area contributed by atoms with Crippen LogP contribution in [-0.4, -0.2) is 29.3 Å². The van der Waals surface area contributed by atoms with Crippen molar-refractivity contribution in [3.63, 3.8) is 0 Å². The number of halogens is 2. The Balaban J connectivity index is 2.31. The Labute approximate surface area is 116 Å². The molecule has 1 atom stereocenters. The number of nitrogens with zero attached hydrogens (tertiary/aromatic N) is 2. The maximum atomic E-state index is 13.3. The van der Waals surface area contributed by atoms with Gasteiger partial charge in [0.1, 0.15) is 5.82 Å². The Kier molecular flexibility index (Phi) is 4.39. The second-order valence-corrected chi connectivity index (χ2v) is 4.62. The number of hydrogen-bond acceptors (Lipinski definition) is 3. The van der Waals surface area contributed by atoms with Crippen LogP contribution in [0.15, 0.2) is 30.6 Å². The summed E-state index contributed by atoms with van der Waals surface area (Å²) < 4.78 is 20.1. The van der Waals surface area contributed by atoms with Crippen molar-refractivity contribution in [1.82, 2.24) is 9.55 Å². The van der Waals surface area contributed by atoms with Gasteiger partial charge in [-0.05, 0) is 25.1 Å². The van der Waals surface area contributed by atoms with Crippen molar-refractivity contribution < 1.29 is 9.13 Å². The van der Waals surface area contributed by atoms with Crippen molar-refractivity contribution in [3.8, 4) is 5.69 Å². The number of nitrogens with one attached hydrogen (secondary N) is 1. The molecular weight excluding hydrogens is 269 g/mol. The molecule has 1 unspecified atom stereocenters. The monoisotopic (exact) mass is 283 g/mol. The van der Waals surface area contributed by atoms with E-state index in [2.05, 4.69) is 10.3 Å². The number of rotatable bonds is 5. The van der Waals surface area contributed by atoms with Gasteiger partial charge < -0.3 is 10.1 Å². The molecule has 1 aromatic carbocycles. The zero-order chi connectivity index (χ0) is 13.8. The van der Waals surface area contributed by atoms with Gasteiger partial charge in [0.05, 0.1) is 17.3 Å². The van der Waals surface area contributed by atoms with Gasteiger partial charge in [-0.1, -0.05) is 11.6 Å². The van der Waals surface area contributed by atoms with Gasteiger partial charge in [-0.3, -0.25) is 4.57 Å². The number of benzene rings is 1. The third kappa shape index (κ3) is 3.24. The minimum absolute atomic E-state index is 0.0819. The van der Waals surface area contributed by atoms with Crippen LogP contribution < -0.4 is 5.32 Å². The van der Waals surface area contributed by atoms with E-state index in [-0.39, 0.29) is 11.9 Å². The highest BCUT2D eigenvalue weighted by molar-refractivity contribution is 6.32. The smallest absolute Gasteiger partial charge is 0.207 e.